The van der Waals surface area contributed by atoms with Crippen molar-refractivity contribution in [2.75, 3.05) is 7.05 Å². The summed E-state index contributed by atoms with van der Waals surface area (Å²) >= 11 is 0. The summed E-state index contributed by atoms with van der Waals surface area (Å²) in [7, 11) is 1.88. The van der Waals surface area contributed by atoms with Gasteiger partial charge in [0.1, 0.15) is 5.60 Å². The summed E-state index contributed by atoms with van der Waals surface area (Å²) in [5, 5.41) is 3.05. The van der Waals surface area contributed by atoms with E-state index in [0.717, 1.165) is 12.1 Å². The molecule has 0 aromatic heterocycles. The van der Waals surface area contributed by atoms with Gasteiger partial charge in [0, 0.05) is 6.54 Å². The molecule has 0 fully saturated rings. The molecule has 1 N–H and O–H groups in total. The van der Waals surface area contributed by atoms with Crippen LogP contribution in [-0.2, 0) is 11.3 Å². The van der Waals surface area contributed by atoms with E-state index >= 15 is 0 Å². The average molecular weight is 258 g/mol. The molecule has 0 saturated heterocycles. The van der Waals surface area contributed by atoms with Gasteiger partial charge in [0.2, 0.25) is 0 Å². The van der Waals surface area contributed by atoms with Crippen LogP contribution in [0.5, 0.6) is 0 Å². The molecule has 96 valence electrons. The summed E-state index contributed by atoms with van der Waals surface area (Å²) in [4.78, 5) is 11.8. The number of hydrogen-bond donors (Lipinski definition) is 1. The molecular weight excluding hydrogens is 238 g/mol. The van der Waals surface area contributed by atoms with Crippen LogP contribution in [0.25, 0.3) is 0 Å². The van der Waals surface area contributed by atoms with Gasteiger partial charge < -0.3 is 10.1 Å². The lowest BCUT2D eigenvalue weighted by Gasteiger charge is -2.19. The lowest BCUT2D eigenvalue weighted by molar-refractivity contribution is 0.00694. The molecule has 0 heterocycles. The molecular formula is C13H20ClNO2. The number of benzene rings is 1. The number of rotatable bonds is 3. The molecule has 0 bridgehead atoms. The van der Waals surface area contributed by atoms with Crippen molar-refractivity contribution in [2.24, 2.45) is 0 Å². The van der Waals surface area contributed by atoms with Crippen LogP contribution < -0.4 is 5.32 Å². The van der Waals surface area contributed by atoms with Crippen molar-refractivity contribution in [3.8, 4) is 0 Å². The Morgan fingerprint density at radius 2 is 2.00 bits per heavy atom. The summed E-state index contributed by atoms with van der Waals surface area (Å²) < 4.78 is 5.30. The second-order valence-electron chi connectivity index (χ2n) is 4.73. The standard InChI is InChI=1S/C13H19NO2.ClH/c1-13(2,3)16-12(15)11-7-5-6-10(8-11)9-14-4;/h5-8,14H,9H2,1-4H3;1H. The highest BCUT2D eigenvalue weighted by Gasteiger charge is 2.17. The Balaban J connectivity index is 0.00000256. The van der Waals surface area contributed by atoms with E-state index in [9.17, 15) is 4.79 Å². The minimum Gasteiger partial charge on any atom is -0.456 e. The van der Waals surface area contributed by atoms with Crippen LogP contribution in [0, 0.1) is 0 Å². The van der Waals surface area contributed by atoms with Gasteiger partial charge in [0.05, 0.1) is 5.56 Å². The molecule has 1 aromatic carbocycles. The van der Waals surface area contributed by atoms with Gasteiger partial charge in [-0.15, -0.1) is 12.4 Å². The Morgan fingerprint density at radius 1 is 1.35 bits per heavy atom. The highest BCUT2D eigenvalue weighted by Crippen LogP contribution is 2.13. The molecule has 17 heavy (non-hydrogen) atoms. The van der Waals surface area contributed by atoms with E-state index in [1.54, 1.807) is 6.07 Å². The average Bonchev–Trinajstić information content (AvgIpc) is 2.16. The van der Waals surface area contributed by atoms with Crippen molar-refractivity contribution in [1.29, 1.82) is 0 Å². The number of carbonyl (C=O) groups excluding carboxylic acids is 1. The monoisotopic (exact) mass is 257 g/mol. The molecule has 0 radical (unpaired) electrons. The quantitative estimate of drug-likeness (QED) is 0.847. The van der Waals surface area contributed by atoms with Crippen LogP contribution in [0.2, 0.25) is 0 Å². The maximum absolute atomic E-state index is 11.8. The third-order valence-electron chi connectivity index (χ3n) is 1.94. The van der Waals surface area contributed by atoms with Gasteiger partial charge in [0.15, 0.2) is 0 Å². The normalized spacial score (nSPS) is 10.6. The van der Waals surface area contributed by atoms with E-state index in [2.05, 4.69) is 5.32 Å². The van der Waals surface area contributed by atoms with Gasteiger partial charge in [-0.25, -0.2) is 4.79 Å². The lowest BCUT2D eigenvalue weighted by Crippen LogP contribution is -2.24. The largest absolute Gasteiger partial charge is 0.456 e. The number of hydrogen-bond acceptors (Lipinski definition) is 3. The molecule has 1 rings (SSSR count). The summed E-state index contributed by atoms with van der Waals surface area (Å²) in [6.07, 6.45) is 0. The van der Waals surface area contributed by atoms with Gasteiger partial charge in [-0.2, -0.15) is 0 Å². The Bertz CT molecular complexity index is 372. The van der Waals surface area contributed by atoms with Gasteiger partial charge in [0.25, 0.3) is 0 Å². The molecule has 0 spiro atoms. The fraction of sp³-hybridized carbons (Fsp3) is 0.462. The summed E-state index contributed by atoms with van der Waals surface area (Å²) in [5.74, 6) is -0.273. The fourth-order valence-corrected chi connectivity index (χ4v) is 1.35. The predicted octanol–water partition coefficient (Wildman–Crippen LogP) is 2.78. The Labute approximate surface area is 109 Å². The van der Waals surface area contributed by atoms with Gasteiger partial charge in [-0.3, -0.25) is 0 Å². The first-order valence-corrected chi connectivity index (χ1v) is 5.39. The Hall–Kier alpha value is -1.06. The van der Waals surface area contributed by atoms with E-state index in [-0.39, 0.29) is 18.4 Å². The Morgan fingerprint density at radius 3 is 2.53 bits per heavy atom. The molecule has 0 aliphatic carbocycles. The molecule has 4 heteroatoms. The van der Waals surface area contributed by atoms with Crippen molar-refractivity contribution < 1.29 is 9.53 Å². The Kier molecular flexibility index (Phi) is 6.21. The maximum Gasteiger partial charge on any atom is 0.338 e. The van der Waals surface area contributed by atoms with E-state index in [4.69, 9.17) is 4.74 Å². The van der Waals surface area contributed by atoms with Crippen LogP contribution in [-0.4, -0.2) is 18.6 Å². The molecule has 0 aliphatic rings. The first kappa shape index (κ1) is 15.9. The smallest absolute Gasteiger partial charge is 0.338 e. The van der Waals surface area contributed by atoms with Crippen molar-refractivity contribution in [3.05, 3.63) is 35.4 Å². The summed E-state index contributed by atoms with van der Waals surface area (Å²) in [6.45, 7) is 6.34. The van der Waals surface area contributed by atoms with Crippen molar-refractivity contribution in [2.45, 2.75) is 32.9 Å². The predicted molar refractivity (Wildman–Crippen MR) is 71.6 cm³/mol. The van der Waals surface area contributed by atoms with E-state index in [0.29, 0.717) is 5.56 Å². The van der Waals surface area contributed by atoms with Crippen molar-refractivity contribution >= 4 is 18.4 Å². The first-order valence-electron chi connectivity index (χ1n) is 5.39. The number of halogens is 1. The highest BCUT2D eigenvalue weighted by molar-refractivity contribution is 5.89. The lowest BCUT2D eigenvalue weighted by atomic mass is 10.1. The zero-order valence-electron chi connectivity index (χ0n) is 10.7. The summed E-state index contributed by atoms with van der Waals surface area (Å²) in [6, 6.07) is 7.47. The topological polar surface area (TPSA) is 38.3 Å². The van der Waals surface area contributed by atoms with Gasteiger partial charge in [-0.05, 0) is 45.5 Å². The van der Waals surface area contributed by atoms with E-state index < -0.39 is 5.60 Å². The zero-order valence-corrected chi connectivity index (χ0v) is 11.6. The molecule has 0 atom stereocenters. The molecule has 0 unspecified atom stereocenters. The van der Waals surface area contributed by atoms with E-state index in [1.165, 1.54) is 0 Å². The molecule has 1 aromatic rings. The number of carbonyl (C=O) groups is 1. The number of ether oxygens (including phenoxy) is 1. The van der Waals surface area contributed by atoms with Crippen LogP contribution in [0.15, 0.2) is 24.3 Å². The van der Waals surface area contributed by atoms with Crippen LogP contribution >= 0.6 is 12.4 Å². The third kappa shape index (κ3) is 5.71. The second-order valence-corrected chi connectivity index (χ2v) is 4.73. The van der Waals surface area contributed by atoms with Gasteiger partial charge >= 0.3 is 5.97 Å². The first-order chi connectivity index (χ1) is 7.42. The summed E-state index contributed by atoms with van der Waals surface area (Å²) in [5.41, 5.74) is 1.23. The maximum atomic E-state index is 11.8. The van der Waals surface area contributed by atoms with Crippen LogP contribution in [0.1, 0.15) is 36.7 Å². The molecule has 0 amide bonds. The highest BCUT2D eigenvalue weighted by atomic mass is 35.5. The molecule has 3 nitrogen and oxygen atoms in total. The van der Waals surface area contributed by atoms with Gasteiger partial charge in [-0.1, -0.05) is 12.1 Å². The van der Waals surface area contributed by atoms with Crippen LogP contribution in [0.4, 0.5) is 0 Å². The number of esters is 1. The minimum absolute atomic E-state index is 0. The van der Waals surface area contributed by atoms with E-state index in [1.807, 2.05) is 46.0 Å². The third-order valence-corrected chi connectivity index (χ3v) is 1.94. The van der Waals surface area contributed by atoms with Crippen molar-refractivity contribution in [3.63, 3.8) is 0 Å². The molecule has 0 aliphatic heterocycles. The second kappa shape index (κ2) is 6.62. The SMILES string of the molecule is CNCc1cccc(C(=O)OC(C)(C)C)c1.Cl. The van der Waals surface area contributed by atoms with Crippen molar-refractivity contribution in [1.82, 2.24) is 5.32 Å². The number of nitrogens with one attached hydrogen (secondary N) is 1. The molecule has 0 saturated carbocycles. The fourth-order valence-electron chi connectivity index (χ4n) is 1.35. The zero-order chi connectivity index (χ0) is 12.2. The minimum atomic E-state index is -0.448. The van der Waals surface area contributed by atoms with Crippen LogP contribution in [0.3, 0.4) is 0 Å².